The Balaban J connectivity index is 1.55. The highest BCUT2D eigenvalue weighted by Crippen LogP contribution is 2.38. The molecular formula is C27H22ClN3O4. The quantitative estimate of drug-likeness (QED) is 0.423. The first kappa shape index (κ1) is 21.8. The van der Waals surface area contributed by atoms with Gasteiger partial charge in [-0.3, -0.25) is 9.59 Å². The number of aromatic amines is 1. The van der Waals surface area contributed by atoms with E-state index < -0.39 is 12.1 Å². The molecule has 2 aliphatic heterocycles. The van der Waals surface area contributed by atoms with E-state index in [9.17, 15) is 9.59 Å². The van der Waals surface area contributed by atoms with Gasteiger partial charge >= 0.3 is 0 Å². The van der Waals surface area contributed by atoms with Gasteiger partial charge in [-0.05, 0) is 48.7 Å². The first-order valence-electron chi connectivity index (χ1n) is 11.6. The predicted molar refractivity (Wildman–Crippen MR) is 133 cm³/mol. The number of amides is 1. The Labute approximate surface area is 206 Å². The van der Waals surface area contributed by atoms with Crippen LogP contribution in [-0.4, -0.2) is 34.3 Å². The molecule has 1 N–H and O–H groups in total. The van der Waals surface area contributed by atoms with Crippen LogP contribution in [0.2, 0.25) is 5.02 Å². The number of pyridine rings is 1. The first-order chi connectivity index (χ1) is 17.1. The summed E-state index contributed by atoms with van der Waals surface area (Å²) in [4.78, 5) is 29.9. The molecule has 2 aromatic carbocycles. The van der Waals surface area contributed by atoms with Gasteiger partial charge in [0.1, 0.15) is 17.9 Å². The van der Waals surface area contributed by atoms with Gasteiger partial charge in [0, 0.05) is 34.5 Å². The lowest BCUT2D eigenvalue weighted by molar-refractivity contribution is -0.143. The van der Waals surface area contributed by atoms with Crippen molar-refractivity contribution in [2.24, 2.45) is 5.10 Å². The number of H-pyrrole nitrogens is 1. The lowest BCUT2D eigenvalue weighted by Gasteiger charge is -2.22. The van der Waals surface area contributed by atoms with Crippen molar-refractivity contribution in [3.05, 3.63) is 93.6 Å². The van der Waals surface area contributed by atoms with Crippen molar-refractivity contribution in [1.29, 1.82) is 0 Å². The molecule has 6 rings (SSSR count). The summed E-state index contributed by atoms with van der Waals surface area (Å²) in [6.07, 6.45) is 2.84. The van der Waals surface area contributed by atoms with Crippen LogP contribution in [0.5, 0.6) is 0 Å². The summed E-state index contributed by atoms with van der Waals surface area (Å²) in [5.41, 5.74) is 2.93. The first-order valence-corrected chi connectivity index (χ1v) is 11.9. The summed E-state index contributed by atoms with van der Waals surface area (Å²) in [6.45, 7) is 0.551. The number of carbonyl (C=O) groups excluding carboxylic acids is 1. The zero-order chi connectivity index (χ0) is 23.9. The molecule has 2 aliphatic rings. The molecule has 0 saturated carbocycles. The summed E-state index contributed by atoms with van der Waals surface area (Å²) in [5.74, 6) is 0.386. The third kappa shape index (κ3) is 3.87. The molecule has 1 amide bonds. The second kappa shape index (κ2) is 8.83. The van der Waals surface area contributed by atoms with E-state index in [1.807, 2.05) is 42.5 Å². The third-order valence-electron chi connectivity index (χ3n) is 6.54. The second-order valence-electron chi connectivity index (χ2n) is 8.73. The van der Waals surface area contributed by atoms with Gasteiger partial charge in [0.25, 0.3) is 11.5 Å². The van der Waals surface area contributed by atoms with Crippen molar-refractivity contribution in [3.63, 3.8) is 0 Å². The van der Waals surface area contributed by atoms with E-state index in [1.165, 1.54) is 5.01 Å². The zero-order valence-corrected chi connectivity index (χ0v) is 19.5. The van der Waals surface area contributed by atoms with Crippen LogP contribution in [0.3, 0.4) is 0 Å². The van der Waals surface area contributed by atoms with E-state index in [0.717, 1.165) is 22.9 Å². The van der Waals surface area contributed by atoms with Crippen LogP contribution in [0.4, 0.5) is 0 Å². The van der Waals surface area contributed by atoms with Gasteiger partial charge in [-0.25, -0.2) is 5.01 Å². The maximum atomic E-state index is 13.5. The Hall–Kier alpha value is -3.68. The zero-order valence-electron chi connectivity index (χ0n) is 18.7. The van der Waals surface area contributed by atoms with Gasteiger partial charge in [-0.15, -0.1) is 0 Å². The minimum atomic E-state index is -0.544. The number of hydrogen-bond donors (Lipinski definition) is 1. The lowest BCUT2D eigenvalue weighted by atomic mass is 9.92. The van der Waals surface area contributed by atoms with Crippen LogP contribution in [-0.2, 0) is 9.53 Å². The normalized spacial score (nSPS) is 19.9. The highest BCUT2D eigenvalue weighted by Gasteiger charge is 2.40. The highest BCUT2D eigenvalue weighted by atomic mass is 35.5. The lowest BCUT2D eigenvalue weighted by Crippen LogP contribution is -2.35. The van der Waals surface area contributed by atoms with Gasteiger partial charge in [0.2, 0.25) is 0 Å². The molecule has 0 radical (unpaired) electrons. The summed E-state index contributed by atoms with van der Waals surface area (Å²) < 4.78 is 11.3. The van der Waals surface area contributed by atoms with Crippen molar-refractivity contribution in [2.45, 2.75) is 31.4 Å². The van der Waals surface area contributed by atoms with E-state index >= 15 is 0 Å². The molecule has 0 unspecified atom stereocenters. The van der Waals surface area contributed by atoms with Crippen LogP contribution in [0, 0.1) is 0 Å². The fraction of sp³-hybridized carbons (Fsp3) is 0.222. The van der Waals surface area contributed by atoms with Gasteiger partial charge in [-0.1, -0.05) is 41.9 Å². The summed E-state index contributed by atoms with van der Waals surface area (Å²) in [6, 6.07) is 18.2. The van der Waals surface area contributed by atoms with Gasteiger partial charge in [-0.2, -0.15) is 5.10 Å². The van der Waals surface area contributed by atoms with Crippen molar-refractivity contribution >= 4 is 34.1 Å². The molecule has 2 aromatic heterocycles. The van der Waals surface area contributed by atoms with Crippen molar-refractivity contribution in [3.8, 4) is 11.1 Å². The molecule has 35 heavy (non-hydrogen) atoms. The largest absolute Gasteiger partial charge is 0.467 e. The van der Waals surface area contributed by atoms with Crippen LogP contribution >= 0.6 is 11.6 Å². The molecule has 8 heteroatoms. The number of ether oxygens (including phenoxy) is 1. The molecule has 7 nitrogen and oxygen atoms in total. The second-order valence-corrected chi connectivity index (χ2v) is 9.16. The number of hydrogen-bond acceptors (Lipinski definition) is 5. The van der Waals surface area contributed by atoms with Crippen LogP contribution in [0.1, 0.15) is 36.6 Å². The number of nitrogens with one attached hydrogen (secondary N) is 1. The third-order valence-corrected chi connectivity index (χ3v) is 6.78. The molecule has 176 valence electrons. The molecule has 0 bridgehead atoms. The summed E-state index contributed by atoms with van der Waals surface area (Å²) in [7, 11) is 0. The van der Waals surface area contributed by atoms with E-state index in [2.05, 4.69) is 4.98 Å². The molecular weight excluding hydrogens is 466 g/mol. The van der Waals surface area contributed by atoms with E-state index in [4.69, 9.17) is 25.9 Å². The maximum Gasteiger partial charge on any atom is 0.272 e. The van der Waals surface area contributed by atoms with E-state index in [-0.39, 0.29) is 11.5 Å². The number of furan rings is 1. The average molecular weight is 488 g/mol. The number of carbonyl (C=O) groups is 1. The number of halogens is 1. The topological polar surface area (TPSA) is 87.9 Å². The molecule has 0 aliphatic carbocycles. The van der Waals surface area contributed by atoms with Crippen LogP contribution in [0.15, 0.2) is 81.2 Å². The predicted octanol–water partition coefficient (Wildman–Crippen LogP) is 5.30. The number of rotatable bonds is 4. The number of benzene rings is 2. The van der Waals surface area contributed by atoms with Crippen LogP contribution in [0.25, 0.3) is 22.0 Å². The van der Waals surface area contributed by atoms with Crippen molar-refractivity contribution < 1.29 is 13.9 Å². The standard InChI is InChI=1S/C27H22ClN3O4/c28-17-10-11-19-18(14-17)24(16-6-2-1-3-7-16)25(26(32)29-19)20-15-21(22-8-4-12-34-22)31(30-20)27(33)23-9-5-13-35-23/h1-4,6-8,10-12,14,21,23H,5,9,13,15H2,(H,29,32)/t21-,23+/m0/s1. The molecule has 4 heterocycles. The highest BCUT2D eigenvalue weighted by molar-refractivity contribution is 6.31. The van der Waals surface area contributed by atoms with Gasteiger partial charge in [0.05, 0.1) is 17.5 Å². The molecule has 2 atom stereocenters. The van der Waals surface area contributed by atoms with E-state index in [0.29, 0.717) is 47.0 Å². The number of hydrazone groups is 1. The van der Waals surface area contributed by atoms with Crippen molar-refractivity contribution in [2.75, 3.05) is 6.61 Å². The minimum Gasteiger partial charge on any atom is -0.467 e. The fourth-order valence-corrected chi connectivity index (χ4v) is 5.10. The number of nitrogens with zero attached hydrogens (tertiary/aromatic N) is 2. The van der Waals surface area contributed by atoms with Gasteiger partial charge in [0.15, 0.2) is 0 Å². The van der Waals surface area contributed by atoms with E-state index in [1.54, 1.807) is 24.5 Å². The SMILES string of the molecule is O=C([C@H]1CCCO1)N1N=C(c2c(-c3ccccc3)c3cc(Cl)ccc3[nH]c2=O)C[C@H]1c1ccco1. The van der Waals surface area contributed by atoms with Crippen LogP contribution < -0.4 is 5.56 Å². The summed E-state index contributed by atoms with van der Waals surface area (Å²) in [5, 5.41) is 7.52. The Kier molecular flexibility index (Phi) is 5.51. The molecule has 1 saturated heterocycles. The Morgan fingerprint density at radius 2 is 1.94 bits per heavy atom. The smallest absolute Gasteiger partial charge is 0.272 e. The Morgan fingerprint density at radius 1 is 1.09 bits per heavy atom. The fourth-order valence-electron chi connectivity index (χ4n) is 4.93. The molecule has 4 aromatic rings. The minimum absolute atomic E-state index is 0.222. The summed E-state index contributed by atoms with van der Waals surface area (Å²) >= 11 is 6.36. The Bertz CT molecular complexity index is 1490. The van der Waals surface area contributed by atoms with Gasteiger partial charge < -0.3 is 14.1 Å². The number of fused-ring (bicyclic) bond motifs is 1. The maximum absolute atomic E-state index is 13.5. The monoisotopic (exact) mass is 487 g/mol. The van der Waals surface area contributed by atoms with Crippen molar-refractivity contribution in [1.82, 2.24) is 9.99 Å². The Morgan fingerprint density at radius 3 is 2.69 bits per heavy atom. The molecule has 0 spiro atoms. The average Bonchev–Trinajstić information content (AvgIpc) is 3.65. The molecule has 1 fully saturated rings. The number of aromatic nitrogens is 1.